The summed E-state index contributed by atoms with van der Waals surface area (Å²) in [5.74, 6) is -3.61. The van der Waals surface area contributed by atoms with Gasteiger partial charge < -0.3 is 10.4 Å². The molecule has 8 heteroatoms. The highest BCUT2D eigenvalue weighted by atomic mass is 79.9. The van der Waals surface area contributed by atoms with Crippen molar-refractivity contribution < 1.29 is 23.5 Å². The highest BCUT2D eigenvalue weighted by molar-refractivity contribution is 9.10. The molecule has 1 aromatic rings. The molecule has 0 unspecified atom stereocenters. The van der Waals surface area contributed by atoms with Crippen LogP contribution in [0.3, 0.4) is 0 Å². The smallest absolute Gasteiger partial charge is 0.313 e. The van der Waals surface area contributed by atoms with E-state index in [9.17, 15) is 18.4 Å². The van der Waals surface area contributed by atoms with Gasteiger partial charge in [0.2, 0.25) is 5.91 Å². The van der Waals surface area contributed by atoms with Crippen molar-refractivity contribution in [3.63, 3.8) is 0 Å². The molecular formula is C10H8BrF2NO3S. The van der Waals surface area contributed by atoms with Crippen molar-refractivity contribution in [3.05, 3.63) is 28.2 Å². The van der Waals surface area contributed by atoms with E-state index < -0.39 is 23.5 Å². The van der Waals surface area contributed by atoms with Gasteiger partial charge in [-0.15, -0.1) is 11.8 Å². The molecule has 0 atom stereocenters. The largest absolute Gasteiger partial charge is 0.481 e. The van der Waals surface area contributed by atoms with Gasteiger partial charge in [0.15, 0.2) is 0 Å². The SMILES string of the molecule is O=C(O)CSCC(=O)Nc1cc(Br)c(F)cc1F. The summed E-state index contributed by atoms with van der Waals surface area (Å²) in [7, 11) is 0. The van der Waals surface area contributed by atoms with E-state index in [0.717, 1.165) is 17.8 Å². The summed E-state index contributed by atoms with van der Waals surface area (Å²) < 4.78 is 26.2. The molecule has 98 valence electrons. The number of carbonyl (C=O) groups excluding carboxylic acids is 1. The Morgan fingerprint density at radius 2 is 1.94 bits per heavy atom. The van der Waals surface area contributed by atoms with Crippen LogP contribution < -0.4 is 5.32 Å². The van der Waals surface area contributed by atoms with E-state index in [1.54, 1.807) is 0 Å². The van der Waals surface area contributed by atoms with Crippen molar-refractivity contribution in [1.29, 1.82) is 0 Å². The summed E-state index contributed by atoms with van der Waals surface area (Å²) in [5, 5.41) is 10.6. The molecule has 1 rings (SSSR count). The fourth-order valence-corrected chi connectivity index (χ4v) is 1.91. The lowest BCUT2D eigenvalue weighted by Crippen LogP contribution is -2.16. The molecule has 2 N–H and O–H groups in total. The third-order valence-electron chi connectivity index (χ3n) is 1.74. The average molecular weight is 340 g/mol. The van der Waals surface area contributed by atoms with Gasteiger partial charge in [-0.25, -0.2) is 8.78 Å². The van der Waals surface area contributed by atoms with Crippen LogP contribution in [-0.4, -0.2) is 28.5 Å². The third-order valence-corrected chi connectivity index (χ3v) is 3.27. The zero-order valence-corrected chi connectivity index (χ0v) is 11.3. The number of aliphatic carboxylic acids is 1. The minimum absolute atomic E-state index is 0.0254. The Hall–Kier alpha value is -1.15. The second kappa shape index (κ2) is 6.69. The van der Waals surface area contributed by atoms with Crippen molar-refractivity contribution in [3.8, 4) is 0 Å². The number of benzene rings is 1. The number of halogens is 3. The maximum atomic E-state index is 13.3. The second-order valence-corrected chi connectivity index (χ2v) is 5.02. The first-order valence-corrected chi connectivity index (χ1v) is 6.59. The van der Waals surface area contributed by atoms with Crippen LogP contribution in [0.5, 0.6) is 0 Å². The molecule has 18 heavy (non-hydrogen) atoms. The van der Waals surface area contributed by atoms with Gasteiger partial charge in [0.25, 0.3) is 0 Å². The number of amides is 1. The van der Waals surface area contributed by atoms with Gasteiger partial charge >= 0.3 is 5.97 Å². The molecule has 4 nitrogen and oxygen atoms in total. The van der Waals surface area contributed by atoms with Gasteiger partial charge in [0.1, 0.15) is 11.6 Å². The Morgan fingerprint density at radius 1 is 1.28 bits per heavy atom. The third kappa shape index (κ3) is 4.61. The first-order chi connectivity index (χ1) is 8.40. The summed E-state index contributed by atoms with van der Waals surface area (Å²) in [6.07, 6.45) is 0. The van der Waals surface area contributed by atoms with E-state index in [1.807, 2.05) is 0 Å². The number of nitrogens with one attached hydrogen (secondary N) is 1. The van der Waals surface area contributed by atoms with E-state index in [0.29, 0.717) is 6.07 Å². The van der Waals surface area contributed by atoms with Crippen molar-refractivity contribution in [2.24, 2.45) is 0 Å². The van der Waals surface area contributed by atoms with Crippen molar-refractivity contribution in [2.75, 3.05) is 16.8 Å². The zero-order chi connectivity index (χ0) is 13.7. The van der Waals surface area contributed by atoms with Crippen LogP contribution >= 0.6 is 27.7 Å². The fourth-order valence-electron chi connectivity index (χ4n) is 1.04. The maximum Gasteiger partial charge on any atom is 0.313 e. The lowest BCUT2D eigenvalue weighted by Gasteiger charge is -2.07. The Morgan fingerprint density at radius 3 is 2.56 bits per heavy atom. The molecule has 0 saturated heterocycles. The molecule has 0 saturated carbocycles. The van der Waals surface area contributed by atoms with Crippen molar-refractivity contribution >= 4 is 45.3 Å². The molecule has 0 heterocycles. The van der Waals surface area contributed by atoms with Crippen LogP contribution in [0.1, 0.15) is 0 Å². The molecule has 0 aromatic heterocycles. The summed E-state index contributed by atoms with van der Waals surface area (Å²) in [6.45, 7) is 0. The maximum absolute atomic E-state index is 13.3. The number of carbonyl (C=O) groups is 2. The molecule has 1 amide bonds. The lowest BCUT2D eigenvalue weighted by molar-refractivity contribution is -0.133. The number of anilines is 1. The van der Waals surface area contributed by atoms with Gasteiger partial charge in [0, 0.05) is 6.07 Å². The molecule has 0 radical (unpaired) electrons. The fraction of sp³-hybridized carbons (Fsp3) is 0.200. The van der Waals surface area contributed by atoms with Crippen LogP contribution in [0, 0.1) is 11.6 Å². The van der Waals surface area contributed by atoms with Crippen LogP contribution in [0.4, 0.5) is 14.5 Å². The van der Waals surface area contributed by atoms with Crippen LogP contribution in [0.15, 0.2) is 16.6 Å². The first kappa shape index (κ1) is 14.9. The lowest BCUT2D eigenvalue weighted by atomic mass is 10.3. The van der Waals surface area contributed by atoms with E-state index in [2.05, 4.69) is 21.2 Å². The van der Waals surface area contributed by atoms with Gasteiger partial charge in [-0.2, -0.15) is 0 Å². The molecule has 0 aliphatic rings. The van der Waals surface area contributed by atoms with Crippen LogP contribution in [-0.2, 0) is 9.59 Å². The first-order valence-electron chi connectivity index (χ1n) is 4.64. The van der Waals surface area contributed by atoms with Gasteiger partial charge in [-0.05, 0) is 22.0 Å². The number of carboxylic acids is 1. The van der Waals surface area contributed by atoms with E-state index >= 15 is 0 Å². The number of hydrogen-bond acceptors (Lipinski definition) is 3. The number of hydrogen-bond donors (Lipinski definition) is 2. The molecule has 0 aliphatic carbocycles. The molecule has 0 spiro atoms. The monoisotopic (exact) mass is 339 g/mol. The minimum Gasteiger partial charge on any atom is -0.481 e. The molecule has 1 aromatic carbocycles. The highest BCUT2D eigenvalue weighted by Gasteiger charge is 2.11. The number of carboxylic acid groups (broad SMARTS) is 1. The Kier molecular flexibility index (Phi) is 5.54. The van der Waals surface area contributed by atoms with E-state index in [4.69, 9.17) is 5.11 Å². The average Bonchev–Trinajstić information content (AvgIpc) is 2.25. The second-order valence-electron chi connectivity index (χ2n) is 3.18. The van der Waals surface area contributed by atoms with Gasteiger partial charge in [-0.1, -0.05) is 0 Å². The van der Waals surface area contributed by atoms with Crippen molar-refractivity contribution in [2.45, 2.75) is 0 Å². The van der Waals surface area contributed by atoms with E-state index in [1.165, 1.54) is 0 Å². The van der Waals surface area contributed by atoms with Crippen molar-refractivity contribution in [1.82, 2.24) is 0 Å². The summed E-state index contributed by atoms with van der Waals surface area (Å²) in [5.41, 5.74) is -0.163. The summed E-state index contributed by atoms with van der Waals surface area (Å²) in [6, 6.07) is 1.74. The van der Waals surface area contributed by atoms with Gasteiger partial charge in [-0.3, -0.25) is 9.59 Å². The van der Waals surface area contributed by atoms with Crippen LogP contribution in [0.2, 0.25) is 0 Å². The van der Waals surface area contributed by atoms with E-state index in [-0.39, 0.29) is 21.7 Å². The Labute approximate surface area is 114 Å². The summed E-state index contributed by atoms with van der Waals surface area (Å²) in [4.78, 5) is 21.6. The molecule has 0 fully saturated rings. The summed E-state index contributed by atoms with van der Waals surface area (Å²) >= 11 is 3.75. The standard InChI is InChI=1S/C10H8BrF2NO3S/c11-5-1-8(7(13)2-6(5)12)14-9(15)3-18-4-10(16)17/h1-2H,3-4H2,(H,14,15)(H,16,17). The molecular weight excluding hydrogens is 332 g/mol. The van der Waals surface area contributed by atoms with Crippen LogP contribution in [0.25, 0.3) is 0 Å². The topological polar surface area (TPSA) is 66.4 Å². The quantitative estimate of drug-likeness (QED) is 0.809. The number of thioether (sulfide) groups is 1. The zero-order valence-electron chi connectivity index (χ0n) is 8.87. The Bertz CT molecular complexity index is 484. The molecule has 0 aliphatic heterocycles. The normalized spacial score (nSPS) is 10.2. The van der Waals surface area contributed by atoms with Gasteiger partial charge in [0.05, 0.1) is 21.7 Å². The number of rotatable bonds is 5. The predicted molar refractivity (Wildman–Crippen MR) is 67.6 cm³/mol. The Balaban J connectivity index is 2.59. The molecule has 0 bridgehead atoms. The minimum atomic E-state index is -1.04. The highest BCUT2D eigenvalue weighted by Crippen LogP contribution is 2.23. The predicted octanol–water partition coefficient (Wildman–Crippen LogP) is 2.48.